The van der Waals surface area contributed by atoms with Crippen LogP contribution in [0.4, 0.5) is 0 Å². The second kappa shape index (κ2) is 5.81. The van der Waals surface area contributed by atoms with E-state index in [1.807, 2.05) is 6.07 Å². The molecule has 0 aliphatic carbocycles. The van der Waals surface area contributed by atoms with Crippen molar-refractivity contribution in [2.45, 2.75) is 0 Å². The summed E-state index contributed by atoms with van der Waals surface area (Å²) < 4.78 is 4.72. The maximum atomic E-state index is 11.1. The van der Waals surface area contributed by atoms with E-state index in [0.717, 1.165) is 22.8 Å². The van der Waals surface area contributed by atoms with Crippen molar-refractivity contribution in [3.05, 3.63) is 42.3 Å². The molecule has 0 N–H and O–H groups in total. The molecule has 18 heavy (non-hydrogen) atoms. The summed E-state index contributed by atoms with van der Waals surface area (Å²) >= 11 is 0. The Morgan fingerprint density at radius 1 is 1.28 bits per heavy atom. The van der Waals surface area contributed by atoms with E-state index < -0.39 is 0 Å². The van der Waals surface area contributed by atoms with Crippen molar-refractivity contribution in [1.29, 1.82) is 0 Å². The number of rotatable bonds is 2. The Bertz CT molecular complexity index is 683. The smallest absolute Gasteiger partial charge is 1.00 e. The van der Waals surface area contributed by atoms with Crippen LogP contribution in [0.2, 0.25) is 0 Å². The number of aromatic nitrogens is 3. The number of fused-ring (bicyclic) bond motifs is 1. The number of carbonyl (C=O) groups excluding carboxylic acids is 1. The van der Waals surface area contributed by atoms with Gasteiger partial charge in [-0.1, -0.05) is 12.1 Å². The molecule has 6 heteroatoms. The largest absolute Gasteiger partial charge is 1.00 e. The molecule has 0 atom stereocenters. The van der Waals surface area contributed by atoms with Crippen molar-refractivity contribution in [1.82, 2.24) is 15.4 Å². The first-order valence-corrected chi connectivity index (χ1v) is 5.00. The van der Waals surface area contributed by atoms with Crippen molar-refractivity contribution in [3.63, 3.8) is 0 Å². The summed E-state index contributed by atoms with van der Waals surface area (Å²) in [6.07, 6.45) is 3.91. The number of aldehydes is 1. The standard InChI is InChI=1S/C12H7N3O2.K.H/c16-6-8-2-1-3-10-12(8)9(4-5-13-10)11-7-17-15-14-11;;/h1-7H;;/q;+1;-1. The Kier molecular flexibility index (Phi) is 4.36. The molecule has 0 amide bonds. The minimum Gasteiger partial charge on any atom is -1.00 e. The van der Waals surface area contributed by atoms with Gasteiger partial charge < -0.3 is 5.95 Å². The van der Waals surface area contributed by atoms with Crippen LogP contribution in [0.25, 0.3) is 22.2 Å². The predicted molar refractivity (Wildman–Crippen MR) is 61.5 cm³/mol. The normalized spacial score (nSPS) is 10.0. The molecule has 0 fully saturated rings. The van der Waals surface area contributed by atoms with Crippen molar-refractivity contribution in [2.75, 3.05) is 0 Å². The minimum atomic E-state index is 0. The van der Waals surface area contributed by atoms with Gasteiger partial charge in [0.25, 0.3) is 0 Å². The summed E-state index contributed by atoms with van der Waals surface area (Å²) in [5, 5.41) is 8.04. The zero-order valence-corrected chi connectivity index (χ0v) is 12.8. The number of carbonyl (C=O) groups is 1. The summed E-state index contributed by atoms with van der Waals surface area (Å²) in [6, 6.07) is 7.17. The number of pyridine rings is 1. The van der Waals surface area contributed by atoms with Crippen molar-refractivity contribution >= 4 is 17.2 Å². The minimum absolute atomic E-state index is 0. The Hall–Kier alpha value is -0.924. The molecular formula is C12H8KN3O2. The van der Waals surface area contributed by atoms with Crippen LogP contribution in [-0.4, -0.2) is 21.6 Å². The average molecular weight is 265 g/mol. The van der Waals surface area contributed by atoms with Gasteiger partial charge in [0.05, 0.1) is 5.52 Å². The number of benzene rings is 1. The molecule has 2 aromatic heterocycles. The third-order valence-electron chi connectivity index (χ3n) is 2.56. The van der Waals surface area contributed by atoms with E-state index in [1.54, 1.807) is 24.4 Å². The predicted octanol–water partition coefficient (Wildman–Crippen LogP) is -0.786. The number of hydrogen-bond donors (Lipinski definition) is 0. The number of nitrogens with zero attached hydrogens (tertiary/aromatic N) is 3. The zero-order chi connectivity index (χ0) is 11.7. The average Bonchev–Trinajstić information content (AvgIpc) is 2.91. The summed E-state index contributed by atoms with van der Waals surface area (Å²) in [7, 11) is 0. The van der Waals surface area contributed by atoms with E-state index in [4.69, 9.17) is 4.52 Å². The van der Waals surface area contributed by atoms with Gasteiger partial charge in [-0.15, -0.1) is 5.10 Å². The van der Waals surface area contributed by atoms with Gasteiger partial charge in [0.15, 0.2) is 12.5 Å². The van der Waals surface area contributed by atoms with Gasteiger partial charge in [0.2, 0.25) is 0 Å². The molecule has 1 aromatic carbocycles. The van der Waals surface area contributed by atoms with E-state index in [2.05, 4.69) is 15.4 Å². The monoisotopic (exact) mass is 265 g/mol. The van der Waals surface area contributed by atoms with Crippen LogP contribution in [0.3, 0.4) is 0 Å². The van der Waals surface area contributed by atoms with Gasteiger partial charge in [-0.25, -0.2) is 0 Å². The van der Waals surface area contributed by atoms with E-state index in [9.17, 15) is 4.79 Å². The van der Waals surface area contributed by atoms with Crippen molar-refractivity contribution < 1.29 is 62.1 Å². The second-order valence-electron chi connectivity index (χ2n) is 3.51. The molecule has 2 heterocycles. The third kappa shape index (κ3) is 2.30. The maximum Gasteiger partial charge on any atom is 1.00 e. The van der Waals surface area contributed by atoms with Gasteiger partial charge in [0, 0.05) is 28.0 Å². The quantitative estimate of drug-likeness (QED) is 0.449. The molecule has 0 spiro atoms. The Morgan fingerprint density at radius 2 is 2.17 bits per heavy atom. The first kappa shape index (κ1) is 13.5. The van der Waals surface area contributed by atoms with Crippen LogP contribution in [-0.2, 0) is 0 Å². The summed E-state index contributed by atoms with van der Waals surface area (Å²) in [4.78, 5) is 15.3. The topological polar surface area (TPSA) is 68.9 Å². The van der Waals surface area contributed by atoms with Crippen molar-refractivity contribution in [3.8, 4) is 11.3 Å². The summed E-state index contributed by atoms with van der Waals surface area (Å²) in [5.41, 5.74) is 2.70. The molecule has 0 bridgehead atoms. The van der Waals surface area contributed by atoms with Gasteiger partial charge in [-0.05, 0) is 12.1 Å². The molecule has 84 valence electrons. The molecule has 0 saturated carbocycles. The maximum absolute atomic E-state index is 11.1. The van der Waals surface area contributed by atoms with E-state index in [1.165, 1.54) is 6.26 Å². The van der Waals surface area contributed by atoms with Crippen LogP contribution in [0.1, 0.15) is 11.8 Å². The van der Waals surface area contributed by atoms with Gasteiger partial charge in [-0.3, -0.25) is 9.78 Å². The molecule has 0 aliphatic heterocycles. The molecule has 3 rings (SSSR count). The molecule has 0 aliphatic rings. The van der Waals surface area contributed by atoms with E-state index in [-0.39, 0.29) is 52.8 Å². The fourth-order valence-corrected chi connectivity index (χ4v) is 1.83. The molecule has 0 saturated heterocycles. The van der Waals surface area contributed by atoms with Crippen LogP contribution < -0.4 is 51.4 Å². The van der Waals surface area contributed by atoms with E-state index in [0.29, 0.717) is 11.3 Å². The summed E-state index contributed by atoms with van der Waals surface area (Å²) in [5.74, 6) is 0. The molecule has 0 radical (unpaired) electrons. The molecular weight excluding hydrogens is 257 g/mol. The van der Waals surface area contributed by atoms with E-state index >= 15 is 0 Å². The van der Waals surface area contributed by atoms with Crippen LogP contribution >= 0.6 is 0 Å². The Morgan fingerprint density at radius 3 is 2.89 bits per heavy atom. The fourth-order valence-electron chi connectivity index (χ4n) is 1.83. The Labute approximate surface area is 146 Å². The van der Waals surface area contributed by atoms with Crippen molar-refractivity contribution in [2.24, 2.45) is 0 Å². The first-order chi connectivity index (χ1) is 8.40. The third-order valence-corrected chi connectivity index (χ3v) is 2.56. The van der Waals surface area contributed by atoms with Crippen LogP contribution in [0, 0.1) is 0 Å². The van der Waals surface area contributed by atoms with Crippen LogP contribution in [0.15, 0.2) is 41.2 Å². The SMILES string of the molecule is O=Cc1cccc2nccc(-c3conn3)c12.[H-].[K+]. The van der Waals surface area contributed by atoms with Crippen LogP contribution in [0.5, 0.6) is 0 Å². The fraction of sp³-hybridized carbons (Fsp3) is 0. The molecule has 5 nitrogen and oxygen atoms in total. The van der Waals surface area contributed by atoms with Gasteiger partial charge >= 0.3 is 51.4 Å². The first-order valence-electron chi connectivity index (χ1n) is 5.00. The zero-order valence-electron chi connectivity index (χ0n) is 10.7. The van der Waals surface area contributed by atoms with Gasteiger partial charge in [0.1, 0.15) is 5.69 Å². The molecule has 0 unspecified atom stereocenters. The summed E-state index contributed by atoms with van der Waals surface area (Å²) in [6.45, 7) is 0. The van der Waals surface area contributed by atoms with Gasteiger partial charge in [-0.2, -0.15) is 0 Å². The Balaban J connectivity index is 0.000000902. The second-order valence-corrected chi connectivity index (χ2v) is 3.51. The molecule has 3 aromatic rings. The number of hydrogen-bond acceptors (Lipinski definition) is 5.